The molecule has 1 unspecified atom stereocenters. The molecule has 2 aromatic carbocycles. The Morgan fingerprint density at radius 2 is 1.91 bits per heavy atom. The molecule has 0 aliphatic rings. The van der Waals surface area contributed by atoms with Crippen molar-refractivity contribution in [3.8, 4) is 5.75 Å². The summed E-state index contributed by atoms with van der Waals surface area (Å²) < 4.78 is 6.04. The summed E-state index contributed by atoms with van der Waals surface area (Å²) in [6, 6.07) is 14.6. The number of ether oxygens (including phenoxy) is 1. The highest BCUT2D eigenvalue weighted by Crippen LogP contribution is 2.27. The van der Waals surface area contributed by atoms with E-state index >= 15 is 0 Å². The van der Waals surface area contributed by atoms with Crippen LogP contribution in [0.15, 0.2) is 48.7 Å². The lowest BCUT2D eigenvalue weighted by atomic mass is 10.1. The maximum Gasteiger partial charge on any atom is 0.121 e. The van der Waals surface area contributed by atoms with E-state index in [4.69, 9.17) is 4.74 Å². The van der Waals surface area contributed by atoms with Crippen molar-refractivity contribution < 1.29 is 4.74 Å². The summed E-state index contributed by atoms with van der Waals surface area (Å²) in [5, 5.41) is 3.61. The van der Waals surface area contributed by atoms with Crippen LogP contribution >= 0.6 is 0 Å². The van der Waals surface area contributed by atoms with Gasteiger partial charge in [0, 0.05) is 23.0 Å². The first-order valence-electron chi connectivity index (χ1n) is 8.22. The van der Waals surface area contributed by atoms with E-state index in [1.165, 1.54) is 35.4 Å². The zero-order valence-electron chi connectivity index (χ0n) is 13.4. The zero-order chi connectivity index (χ0) is 15.4. The van der Waals surface area contributed by atoms with E-state index in [2.05, 4.69) is 55.2 Å². The molecule has 1 aromatic heterocycles. The highest BCUT2D eigenvalue weighted by atomic mass is 16.5. The van der Waals surface area contributed by atoms with Gasteiger partial charge in [-0.05, 0) is 37.3 Å². The maximum atomic E-state index is 6.04. The molecule has 0 aliphatic heterocycles. The topological polar surface area (TPSA) is 22.1 Å². The molecule has 0 saturated heterocycles. The van der Waals surface area contributed by atoms with Crippen LogP contribution in [0.4, 0.5) is 0 Å². The zero-order valence-corrected chi connectivity index (χ0v) is 13.4. The number of rotatable bonds is 6. The molecule has 0 fully saturated rings. The Labute approximate surface area is 132 Å². The molecule has 1 heterocycles. The fraction of sp³-hybridized carbons (Fsp3) is 0.350. The summed E-state index contributed by atoms with van der Waals surface area (Å²) in [6.45, 7) is 4.37. The van der Waals surface area contributed by atoms with Gasteiger partial charge >= 0.3 is 0 Å². The van der Waals surface area contributed by atoms with Crippen LogP contribution in [0.25, 0.3) is 21.7 Å². The van der Waals surface area contributed by atoms with Crippen LogP contribution in [0.2, 0.25) is 0 Å². The first kappa shape index (κ1) is 14.8. The van der Waals surface area contributed by atoms with Crippen molar-refractivity contribution in [2.45, 2.75) is 45.6 Å². The van der Waals surface area contributed by atoms with E-state index in [1.54, 1.807) is 0 Å². The molecule has 0 aliphatic carbocycles. The number of hydrogen-bond acceptors (Lipinski definition) is 2. The standard InChI is InChI=1S/C20H23NO/c1-3-4-5-8-15(2)22-17-11-12-19-18-10-7-6-9-16(18)14-21-20(19)13-17/h6-7,9-15H,3-5,8H2,1-2H3. The van der Waals surface area contributed by atoms with E-state index in [0.29, 0.717) is 0 Å². The van der Waals surface area contributed by atoms with Crippen LogP contribution in [0, 0.1) is 0 Å². The predicted molar refractivity (Wildman–Crippen MR) is 93.5 cm³/mol. The maximum absolute atomic E-state index is 6.04. The molecule has 0 amide bonds. The van der Waals surface area contributed by atoms with Crippen LogP contribution < -0.4 is 4.74 Å². The minimum absolute atomic E-state index is 0.254. The van der Waals surface area contributed by atoms with E-state index in [9.17, 15) is 0 Å². The fourth-order valence-corrected chi connectivity index (χ4v) is 2.89. The minimum atomic E-state index is 0.254. The van der Waals surface area contributed by atoms with Gasteiger partial charge in [0.15, 0.2) is 0 Å². The van der Waals surface area contributed by atoms with Gasteiger partial charge in [0.25, 0.3) is 0 Å². The lowest BCUT2D eigenvalue weighted by Crippen LogP contribution is -2.11. The Morgan fingerprint density at radius 1 is 1.05 bits per heavy atom. The number of hydrogen-bond donors (Lipinski definition) is 0. The SMILES string of the molecule is CCCCCC(C)Oc1ccc2c(c1)ncc1ccccc12. The third kappa shape index (κ3) is 3.22. The Hall–Kier alpha value is -2.09. The summed E-state index contributed by atoms with van der Waals surface area (Å²) in [5.41, 5.74) is 0.997. The third-order valence-corrected chi connectivity index (χ3v) is 4.11. The first-order valence-corrected chi connectivity index (χ1v) is 8.22. The molecule has 3 aromatic rings. The van der Waals surface area contributed by atoms with Crippen molar-refractivity contribution in [3.05, 3.63) is 48.7 Å². The monoisotopic (exact) mass is 293 g/mol. The normalized spacial score (nSPS) is 12.6. The highest BCUT2D eigenvalue weighted by Gasteiger charge is 2.06. The van der Waals surface area contributed by atoms with Gasteiger partial charge in [-0.25, -0.2) is 0 Å². The Morgan fingerprint density at radius 3 is 2.77 bits per heavy atom. The van der Waals surface area contributed by atoms with E-state index in [0.717, 1.165) is 17.7 Å². The summed E-state index contributed by atoms with van der Waals surface area (Å²) in [6.07, 6.45) is 7.06. The lowest BCUT2D eigenvalue weighted by molar-refractivity contribution is 0.207. The number of fused-ring (bicyclic) bond motifs is 3. The van der Waals surface area contributed by atoms with Gasteiger partial charge in [-0.1, -0.05) is 44.0 Å². The third-order valence-electron chi connectivity index (χ3n) is 4.11. The van der Waals surface area contributed by atoms with Gasteiger partial charge in [-0.3, -0.25) is 4.98 Å². The lowest BCUT2D eigenvalue weighted by Gasteiger charge is -2.15. The Kier molecular flexibility index (Phi) is 4.57. The molecule has 22 heavy (non-hydrogen) atoms. The summed E-state index contributed by atoms with van der Waals surface area (Å²) in [4.78, 5) is 4.57. The first-order chi connectivity index (χ1) is 10.8. The second-order valence-corrected chi connectivity index (χ2v) is 5.95. The molecule has 114 valence electrons. The van der Waals surface area contributed by atoms with Gasteiger partial charge in [0.05, 0.1) is 11.6 Å². The van der Waals surface area contributed by atoms with Crippen molar-refractivity contribution in [3.63, 3.8) is 0 Å². The van der Waals surface area contributed by atoms with Crippen LogP contribution in [0.1, 0.15) is 39.5 Å². The Balaban J connectivity index is 1.82. The smallest absolute Gasteiger partial charge is 0.121 e. The number of unbranched alkanes of at least 4 members (excludes halogenated alkanes) is 2. The largest absolute Gasteiger partial charge is 0.491 e. The van der Waals surface area contributed by atoms with Crippen LogP contribution in [0.3, 0.4) is 0 Å². The number of nitrogens with zero attached hydrogens (tertiary/aromatic N) is 1. The van der Waals surface area contributed by atoms with Crippen LogP contribution in [0.5, 0.6) is 5.75 Å². The number of pyridine rings is 1. The molecular weight excluding hydrogens is 270 g/mol. The average Bonchev–Trinajstić information content (AvgIpc) is 2.54. The number of aromatic nitrogens is 1. The fourth-order valence-electron chi connectivity index (χ4n) is 2.89. The van der Waals surface area contributed by atoms with Crippen LogP contribution in [-0.4, -0.2) is 11.1 Å². The van der Waals surface area contributed by atoms with Crippen molar-refractivity contribution in [2.24, 2.45) is 0 Å². The second-order valence-electron chi connectivity index (χ2n) is 5.95. The summed E-state index contributed by atoms with van der Waals surface area (Å²) in [5.74, 6) is 0.916. The van der Waals surface area contributed by atoms with Crippen LogP contribution in [-0.2, 0) is 0 Å². The average molecular weight is 293 g/mol. The van der Waals surface area contributed by atoms with Gasteiger partial charge in [0.1, 0.15) is 5.75 Å². The highest BCUT2D eigenvalue weighted by molar-refractivity contribution is 6.05. The molecule has 0 saturated carbocycles. The van der Waals surface area contributed by atoms with Crippen molar-refractivity contribution in [2.75, 3.05) is 0 Å². The molecular formula is C20H23NO. The van der Waals surface area contributed by atoms with Crippen molar-refractivity contribution in [1.29, 1.82) is 0 Å². The molecule has 0 bridgehead atoms. The van der Waals surface area contributed by atoms with Gasteiger partial charge < -0.3 is 4.74 Å². The molecule has 3 rings (SSSR count). The summed E-state index contributed by atoms with van der Waals surface area (Å²) in [7, 11) is 0. The number of benzene rings is 2. The second kappa shape index (κ2) is 6.78. The van der Waals surface area contributed by atoms with Gasteiger partial charge in [0.2, 0.25) is 0 Å². The minimum Gasteiger partial charge on any atom is -0.491 e. The molecule has 0 radical (unpaired) electrons. The van der Waals surface area contributed by atoms with Gasteiger partial charge in [-0.2, -0.15) is 0 Å². The van der Waals surface area contributed by atoms with E-state index in [-0.39, 0.29) is 6.10 Å². The molecule has 1 atom stereocenters. The van der Waals surface area contributed by atoms with Crippen molar-refractivity contribution >= 4 is 21.7 Å². The van der Waals surface area contributed by atoms with Crippen molar-refractivity contribution in [1.82, 2.24) is 4.98 Å². The summed E-state index contributed by atoms with van der Waals surface area (Å²) >= 11 is 0. The van der Waals surface area contributed by atoms with E-state index in [1.807, 2.05) is 12.3 Å². The van der Waals surface area contributed by atoms with Gasteiger partial charge in [-0.15, -0.1) is 0 Å². The Bertz CT molecular complexity index is 766. The predicted octanol–water partition coefficient (Wildman–Crippen LogP) is 5.74. The molecule has 2 nitrogen and oxygen atoms in total. The molecule has 0 N–H and O–H groups in total. The van der Waals surface area contributed by atoms with E-state index < -0.39 is 0 Å². The quantitative estimate of drug-likeness (QED) is 0.427. The molecule has 2 heteroatoms. The molecule has 0 spiro atoms.